The third-order valence-corrected chi connectivity index (χ3v) is 3.51. The monoisotopic (exact) mass is 260 g/mol. The van der Waals surface area contributed by atoms with Crippen molar-refractivity contribution in [2.75, 3.05) is 6.54 Å². The average molecular weight is 260 g/mol. The SMILES string of the molecule is CC1(C)NC(=O)C(Cc2ccccc2)N1CC=CO. The Bertz CT molecular complexity index is 468. The van der Waals surface area contributed by atoms with Crippen LogP contribution in [0.5, 0.6) is 0 Å². The Morgan fingerprint density at radius 2 is 2.05 bits per heavy atom. The number of amides is 1. The van der Waals surface area contributed by atoms with Gasteiger partial charge in [-0.3, -0.25) is 9.69 Å². The molecule has 1 fully saturated rings. The van der Waals surface area contributed by atoms with Crippen LogP contribution in [0.25, 0.3) is 0 Å². The normalized spacial score (nSPS) is 22.8. The maximum absolute atomic E-state index is 12.1. The van der Waals surface area contributed by atoms with Gasteiger partial charge in [-0.15, -0.1) is 0 Å². The van der Waals surface area contributed by atoms with E-state index in [2.05, 4.69) is 10.2 Å². The van der Waals surface area contributed by atoms with Crippen LogP contribution >= 0.6 is 0 Å². The lowest BCUT2D eigenvalue weighted by atomic mass is 10.0. The summed E-state index contributed by atoms with van der Waals surface area (Å²) in [5.74, 6) is 0.0418. The zero-order chi connectivity index (χ0) is 13.9. The molecule has 2 rings (SSSR count). The number of nitrogens with zero attached hydrogens (tertiary/aromatic N) is 1. The van der Waals surface area contributed by atoms with Crippen LogP contribution in [0, 0.1) is 0 Å². The molecule has 0 aromatic heterocycles. The first-order chi connectivity index (χ1) is 9.04. The molecule has 102 valence electrons. The Balaban J connectivity index is 2.18. The van der Waals surface area contributed by atoms with Crippen LogP contribution in [0.3, 0.4) is 0 Å². The minimum absolute atomic E-state index is 0.0418. The third-order valence-electron chi connectivity index (χ3n) is 3.51. The largest absolute Gasteiger partial charge is 0.516 e. The molecule has 1 heterocycles. The van der Waals surface area contributed by atoms with E-state index in [-0.39, 0.29) is 11.9 Å². The number of aliphatic hydroxyl groups excluding tert-OH is 1. The van der Waals surface area contributed by atoms with Crippen molar-refractivity contribution in [3.63, 3.8) is 0 Å². The number of nitrogens with one attached hydrogen (secondary N) is 1. The van der Waals surface area contributed by atoms with Gasteiger partial charge in [-0.1, -0.05) is 30.3 Å². The summed E-state index contributed by atoms with van der Waals surface area (Å²) in [4.78, 5) is 14.2. The van der Waals surface area contributed by atoms with Crippen molar-refractivity contribution in [3.8, 4) is 0 Å². The second-order valence-electron chi connectivity index (χ2n) is 5.29. The van der Waals surface area contributed by atoms with E-state index in [9.17, 15) is 4.79 Å². The topological polar surface area (TPSA) is 52.6 Å². The highest BCUT2D eigenvalue weighted by molar-refractivity contribution is 5.85. The third kappa shape index (κ3) is 2.96. The molecule has 1 amide bonds. The Hall–Kier alpha value is -1.81. The van der Waals surface area contributed by atoms with Gasteiger partial charge in [0.1, 0.15) is 0 Å². The predicted molar refractivity (Wildman–Crippen MR) is 74.6 cm³/mol. The summed E-state index contributed by atoms with van der Waals surface area (Å²) in [5, 5.41) is 11.8. The van der Waals surface area contributed by atoms with Gasteiger partial charge in [0.2, 0.25) is 5.91 Å². The van der Waals surface area contributed by atoms with E-state index in [0.29, 0.717) is 13.0 Å². The fourth-order valence-electron chi connectivity index (χ4n) is 2.54. The minimum atomic E-state index is -0.393. The number of hydrogen-bond donors (Lipinski definition) is 2. The van der Waals surface area contributed by atoms with E-state index in [1.54, 1.807) is 6.08 Å². The van der Waals surface area contributed by atoms with Gasteiger partial charge in [-0.2, -0.15) is 0 Å². The van der Waals surface area contributed by atoms with Gasteiger partial charge in [-0.05, 0) is 31.9 Å². The number of carbonyl (C=O) groups excluding carboxylic acids is 1. The Morgan fingerprint density at radius 3 is 2.68 bits per heavy atom. The van der Waals surface area contributed by atoms with E-state index in [0.717, 1.165) is 11.8 Å². The standard InChI is InChI=1S/C15H20N2O2/c1-15(2)16-14(19)13(17(15)9-6-10-18)11-12-7-4-3-5-8-12/h3-8,10,13,18H,9,11H2,1-2H3,(H,16,19). The van der Waals surface area contributed by atoms with Crippen LogP contribution in [-0.4, -0.2) is 34.2 Å². The molecule has 1 saturated heterocycles. The second kappa shape index (κ2) is 5.45. The lowest BCUT2D eigenvalue weighted by Crippen LogP contribution is -2.48. The van der Waals surface area contributed by atoms with Gasteiger partial charge in [0.15, 0.2) is 0 Å². The molecule has 0 radical (unpaired) electrons. The van der Waals surface area contributed by atoms with Crippen molar-refractivity contribution in [1.82, 2.24) is 10.2 Å². The quantitative estimate of drug-likeness (QED) is 0.812. The molecule has 1 aliphatic rings. The molecular weight excluding hydrogens is 240 g/mol. The molecule has 1 atom stereocenters. The van der Waals surface area contributed by atoms with Gasteiger partial charge in [-0.25, -0.2) is 0 Å². The first kappa shape index (κ1) is 13.6. The molecule has 4 heteroatoms. The fourth-order valence-corrected chi connectivity index (χ4v) is 2.54. The van der Waals surface area contributed by atoms with E-state index in [1.807, 2.05) is 44.2 Å². The zero-order valence-electron chi connectivity index (χ0n) is 11.3. The van der Waals surface area contributed by atoms with Crippen LogP contribution in [0.4, 0.5) is 0 Å². The van der Waals surface area contributed by atoms with Crippen LogP contribution in [0.2, 0.25) is 0 Å². The van der Waals surface area contributed by atoms with Gasteiger partial charge in [0.05, 0.1) is 18.0 Å². The van der Waals surface area contributed by atoms with Crippen LogP contribution in [-0.2, 0) is 11.2 Å². The van der Waals surface area contributed by atoms with E-state index < -0.39 is 5.66 Å². The fraction of sp³-hybridized carbons (Fsp3) is 0.400. The Kier molecular flexibility index (Phi) is 3.90. The molecule has 1 unspecified atom stereocenters. The summed E-state index contributed by atoms with van der Waals surface area (Å²) in [6.45, 7) is 4.49. The lowest BCUT2D eigenvalue weighted by molar-refractivity contribution is -0.121. The first-order valence-corrected chi connectivity index (χ1v) is 6.46. The number of hydrogen-bond acceptors (Lipinski definition) is 3. The van der Waals surface area contributed by atoms with Crippen LogP contribution in [0.15, 0.2) is 42.7 Å². The molecule has 0 bridgehead atoms. The van der Waals surface area contributed by atoms with E-state index >= 15 is 0 Å². The maximum atomic E-state index is 12.1. The first-order valence-electron chi connectivity index (χ1n) is 6.46. The van der Waals surface area contributed by atoms with Crippen molar-refractivity contribution in [3.05, 3.63) is 48.2 Å². The highest BCUT2D eigenvalue weighted by Crippen LogP contribution is 2.24. The molecular formula is C15H20N2O2. The number of carbonyl (C=O) groups is 1. The van der Waals surface area contributed by atoms with Gasteiger partial charge in [0, 0.05) is 6.54 Å². The lowest BCUT2D eigenvalue weighted by Gasteiger charge is -2.32. The maximum Gasteiger partial charge on any atom is 0.239 e. The summed E-state index contributed by atoms with van der Waals surface area (Å²) < 4.78 is 0. The van der Waals surface area contributed by atoms with Crippen molar-refractivity contribution >= 4 is 5.91 Å². The Morgan fingerprint density at radius 1 is 1.37 bits per heavy atom. The van der Waals surface area contributed by atoms with Crippen molar-refractivity contribution < 1.29 is 9.90 Å². The van der Waals surface area contributed by atoms with E-state index in [4.69, 9.17) is 5.11 Å². The highest BCUT2D eigenvalue weighted by Gasteiger charge is 2.44. The van der Waals surface area contributed by atoms with Gasteiger partial charge >= 0.3 is 0 Å². The highest BCUT2D eigenvalue weighted by atomic mass is 16.2. The summed E-state index contributed by atoms with van der Waals surface area (Å²) in [5.41, 5.74) is 0.745. The number of aliphatic hydroxyl groups is 1. The number of rotatable bonds is 4. The van der Waals surface area contributed by atoms with E-state index in [1.165, 1.54) is 0 Å². The summed E-state index contributed by atoms with van der Waals surface area (Å²) >= 11 is 0. The summed E-state index contributed by atoms with van der Waals surface area (Å²) in [7, 11) is 0. The molecule has 0 saturated carbocycles. The molecule has 1 aromatic rings. The van der Waals surface area contributed by atoms with Crippen molar-refractivity contribution in [2.45, 2.75) is 32.0 Å². The minimum Gasteiger partial charge on any atom is -0.516 e. The molecule has 2 N–H and O–H groups in total. The molecule has 19 heavy (non-hydrogen) atoms. The van der Waals surface area contributed by atoms with Gasteiger partial charge in [0.25, 0.3) is 0 Å². The van der Waals surface area contributed by atoms with Crippen LogP contribution < -0.4 is 5.32 Å². The summed E-state index contributed by atoms with van der Waals surface area (Å²) in [6, 6.07) is 9.77. The smallest absolute Gasteiger partial charge is 0.239 e. The van der Waals surface area contributed by atoms with Crippen molar-refractivity contribution in [2.24, 2.45) is 0 Å². The molecule has 0 aliphatic carbocycles. The number of benzene rings is 1. The van der Waals surface area contributed by atoms with Gasteiger partial charge < -0.3 is 10.4 Å². The Labute approximate surface area is 113 Å². The average Bonchev–Trinajstić information content (AvgIpc) is 2.58. The second-order valence-corrected chi connectivity index (χ2v) is 5.29. The molecule has 4 nitrogen and oxygen atoms in total. The summed E-state index contributed by atoms with van der Waals surface area (Å²) in [6.07, 6.45) is 3.36. The predicted octanol–water partition coefficient (Wildman–Crippen LogP) is 1.84. The van der Waals surface area contributed by atoms with Crippen molar-refractivity contribution in [1.29, 1.82) is 0 Å². The molecule has 1 aromatic carbocycles. The molecule has 0 spiro atoms. The zero-order valence-corrected chi connectivity index (χ0v) is 11.3. The van der Waals surface area contributed by atoms with Crippen LogP contribution in [0.1, 0.15) is 19.4 Å². The molecule has 1 aliphatic heterocycles.